The van der Waals surface area contributed by atoms with Crippen LogP contribution in [0.25, 0.3) is 0 Å². The maximum Gasteiger partial charge on any atom is 0.320 e. The Morgan fingerprint density at radius 2 is 1.72 bits per heavy atom. The number of hydrogen-bond donors (Lipinski definition) is 0. The summed E-state index contributed by atoms with van der Waals surface area (Å²) in [6, 6.07) is 0. The minimum atomic E-state index is -3.15. The SMILES string of the molecule is CCOC(=O)C(C(=O)OCC)C1CCS([O-])([O-])C1. The first-order valence-corrected chi connectivity index (χ1v) is 7.77. The van der Waals surface area contributed by atoms with Crippen LogP contribution in [0.15, 0.2) is 0 Å². The molecular weight excluding hydrogens is 260 g/mol. The number of carbonyl (C=O) groups is 2. The molecular formula is C11H18O6S-2. The Morgan fingerprint density at radius 3 is 2.06 bits per heavy atom. The summed E-state index contributed by atoms with van der Waals surface area (Å²) in [7, 11) is -3.15. The molecule has 0 amide bonds. The molecule has 1 aliphatic heterocycles. The van der Waals surface area contributed by atoms with E-state index >= 15 is 0 Å². The van der Waals surface area contributed by atoms with Crippen LogP contribution in [0.4, 0.5) is 0 Å². The smallest absolute Gasteiger partial charge is 0.320 e. The molecule has 0 aromatic carbocycles. The van der Waals surface area contributed by atoms with Gasteiger partial charge in [-0.2, -0.15) is 0 Å². The monoisotopic (exact) mass is 278 g/mol. The maximum atomic E-state index is 11.7. The molecule has 0 N–H and O–H groups in total. The molecule has 0 aliphatic carbocycles. The van der Waals surface area contributed by atoms with Crippen molar-refractivity contribution >= 4 is 22.5 Å². The molecule has 1 heterocycles. The molecule has 0 aromatic rings. The summed E-state index contributed by atoms with van der Waals surface area (Å²) >= 11 is 0. The van der Waals surface area contributed by atoms with E-state index in [-0.39, 0.29) is 24.7 Å². The lowest BCUT2D eigenvalue weighted by atomic mass is 9.92. The average Bonchev–Trinajstić information content (AvgIpc) is 2.59. The van der Waals surface area contributed by atoms with Crippen molar-refractivity contribution in [3.8, 4) is 0 Å². The first-order chi connectivity index (χ1) is 8.41. The zero-order chi connectivity index (χ0) is 13.8. The highest BCUT2D eigenvalue weighted by molar-refractivity contribution is 8.24. The van der Waals surface area contributed by atoms with Gasteiger partial charge in [-0.25, -0.2) is 0 Å². The normalized spacial score (nSPS) is 23.7. The van der Waals surface area contributed by atoms with Gasteiger partial charge in [-0.05, 0) is 37.7 Å². The maximum absolute atomic E-state index is 11.7. The summed E-state index contributed by atoms with van der Waals surface area (Å²) in [4.78, 5) is 23.5. The summed E-state index contributed by atoms with van der Waals surface area (Å²) in [6.45, 7) is 3.55. The molecule has 0 bridgehead atoms. The molecule has 1 unspecified atom stereocenters. The second-order valence-electron chi connectivity index (χ2n) is 4.14. The molecule has 0 saturated carbocycles. The van der Waals surface area contributed by atoms with E-state index in [9.17, 15) is 18.7 Å². The van der Waals surface area contributed by atoms with Crippen LogP contribution in [0, 0.1) is 11.8 Å². The van der Waals surface area contributed by atoms with Gasteiger partial charge in [0.05, 0.1) is 13.2 Å². The van der Waals surface area contributed by atoms with Crippen molar-refractivity contribution in [3.05, 3.63) is 0 Å². The van der Waals surface area contributed by atoms with E-state index in [1.807, 2.05) is 0 Å². The molecule has 18 heavy (non-hydrogen) atoms. The quantitative estimate of drug-likeness (QED) is 0.545. The van der Waals surface area contributed by atoms with Gasteiger partial charge >= 0.3 is 11.9 Å². The fourth-order valence-corrected chi connectivity index (χ4v) is 3.87. The van der Waals surface area contributed by atoms with E-state index in [1.165, 1.54) is 0 Å². The molecule has 6 nitrogen and oxygen atoms in total. The lowest BCUT2D eigenvalue weighted by Crippen LogP contribution is -2.35. The van der Waals surface area contributed by atoms with Crippen molar-refractivity contribution in [2.75, 3.05) is 24.7 Å². The Labute approximate surface area is 108 Å². The largest absolute Gasteiger partial charge is 0.800 e. The predicted octanol–water partition coefficient (Wildman–Crippen LogP) is 0.814. The molecule has 1 saturated heterocycles. The summed E-state index contributed by atoms with van der Waals surface area (Å²) in [5.74, 6) is -3.20. The van der Waals surface area contributed by atoms with E-state index in [4.69, 9.17) is 9.47 Å². The van der Waals surface area contributed by atoms with Crippen molar-refractivity contribution in [1.82, 2.24) is 0 Å². The molecule has 1 atom stereocenters. The lowest BCUT2D eigenvalue weighted by Gasteiger charge is -2.57. The second-order valence-corrected chi connectivity index (χ2v) is 6.37. The number of ether oxygens (including phenoxy) is 2. The summed E-state index contributed by atoms with van der Waals surface area (Å²) in [5.41, 5.74) is 0. The fraction of sp³-hybridized carbons (Fsp3) is 0.818. The van der Waals surface area contributed by atoms with Crippen molar-refractivity contribution in [3.63, 3.8) is 0 Å². The Kier molecular flexibility index (Phi) is 5.43. The van der Waals surface area contributed by atoms with Crippen molar-refractivity contribution < 1.29 is 28.2 Å². The van der Waals surface area contributed by atoms with Gasteiger partial charge in [-0.1, -0.05) is 0 Å². The standard InChI is InChI=1S/C11H20O6S/c1-3-16-10(12)9(11(13)17-4-2)8-5-6-18(14,15)7-8/h8-9,14-15H,3-7H2,1-2H3/p-2. The van der Waals surface area contributed by atoms with E-state index < -0.39 is 34.4 Å². The summed E-state index contributed by atoms with van der Waals surface area (Å²) in [6.07, 6.45) is 0.296. The molecule has 106 valence electrons. The minimum Gasteiger partial charge on any atom is -0.800 e. The number of esters is 2. The molecule has 1 aliphatic rings. The van der Waals surface area contributed by atoms with Crippen LogP contribution in [0.1, 0.15) is 20.3 Å². The molecule has 1 rings (SSSR count). The van der Waals surface area contributed by atoms with E-state index in [2.05, 4.69) is 0 Å². The zero-order valence-corrected chi connectivity index (χ0v) is 11.4. The predicted molar refractivity (Wildman–Crippen MR) is 63.7 cm³/mol. The van der Waals surface area contributed by atoms with Crippen molar-refractivity contribution in [2.45, 2.75) is 20.3 Å². The van der Waals surface area contributed by atoms with Gasteiger partial charge in [0.2, 0.25) is 0 Å². The summed E-state index contributed by atoms with van der Waals surface area (Å²) < 4.78 is 32.4. The Bertz CT molecular complexity index is 299. The second kappa shape index (κ2) is 6.40. The van der Waals surface area contributed by atoms with Gasteiger partial charge in [0.15, 0.2) is 5.92 Å². The average molecular weight is 278 g/mol. The Balaban J connectivity index is 2.78. The van der Waals surface area contributed by atoms with Crippen molar-refractivity contribution in [2.24, 2.45) is 11.8 Å². The highest BCUT2D eigenvalue weighted by Gasteiger charge is 2.39. The highest BCUT2D eigenvalue weighted by atomic mass is 32.3. The van der Waals surface area contributed by atoms with Crippen LogP contribution >= 0.6 is 10.6 Å². The lowest BCUT2D eigenvalue weighted by molar-refractivity contribution is -0.163. The van der Waals surface area contributed by atoms with Gasteiger partial charge in [-0.3, -0.25) is 9.59 Å². The number of carbonyl (C=O) groups excluding carboxylic acids is 2. The van der Waals surface area contributed by atoms with Gasteiger partial charge in [0.25, 0.3) is 0 Å². The van der Waals surface area contributed by atoms with Crippen molar-refractivity contribution in [1.29, 1.82) is 0 Å². The Morgan fingerprint density at radius 1 is 1.22 bits per heavy atom. The van der Waals surface area contributed by atoms with E-state index in [0.29, 0.717) is 6.42 Å². The van der Waals surface area contributed by atoms with Crippen LogP contribution in [0.2, 0.25) is 0 Å². The summed E-state index contributed by atoms with van der Waals surface area (Å²) in [5, 5.41) is 0. The topological polar surface area (TPSA) is 98.7 Å². The molecule has 0 aromatic heterocycles. The molecule has 0 spiro atoms. The molecule has 1 fully saturated rings. The van der Waals surface area contributed by atoms with Crippen LogP contribution in [-0.4, -0.2) is 45.8 Å². The van der Waals surface area contributed by atoms with Crippen LogP contribution in [0.5, 0.6) is 0 Å². The van der Waals surface area contributed by atoms with Crippen LogP contribution < -0.4 is 0 Å². The van der Waals surface area contributed by atoms with Gasteiger partial charge in [-0.15, -0.1) is 0 Å². The van der Waals surface area contributed by atoms with Gasteiger partial charge in [0.1, 0.15) is 0 Å². The van der Waals surface area contributed by atoms with E-state index in [1.54, 1.807) is 13.8 Å². The molecule has 7 heteroatoms. The number of sulfone groups is 1. The molecule has 0 radical (unpaired) electrons. The highest BCUT2D eigenvalue weighted by Crippen LogP contribution is 2.50. The minimum absolute atomic E-state index is 0.00692. The number of rotatable bonds is 5. The zero-order valence-electron chi connectivity index (χ0n) is 10.5. The third-order valence-corrected chi connectivity index (χ3v) is 4.61. The van der Waals surface area contributed by atoms with Crippen LogP contribution in [0.3, 0.4) is 0 Å². The first kappa shape index (κ1) is 15.3. The third-order valence-electron chi connectivity index (χ3n) is 2.82. The van der Waals surface area contributed by atoms with Gasteiger partial charge < -0.3 is 29.2 Å². The third kappa shape index (κ3) is 3.86. The Hall–Kier alpha value is -0.790. The van der Waals surface area contributed by atoms with Crippen LogP contribution in [-0.2, 0) is 19.1 Å². The van der Waals surface area contributed by atoms with E-state index in [0.717, 1.165) is 0 Å². The van der Waals surface area contributed by atoms with Gasteiger partial charge in [0, 0.05) is 0 Å². The first-order valence-electron chi connectivity index (χ1n) is 5.95. The fourth-order valence-electron chi connectivity index (χ4n) is 2.03. The number of hydrogen-bond acceptors (Lipinski definition) is 6.